The van der Waals surface area contributed by atoms with E-state index in [-0.39, 0.29) is 28.7 Å². The van der Waals surface area contributed by atoms with E-state index in [2.05, 4.69) is 5.32 Å². The minimum atomic E-state index is -3.74. The maximum Gasteiger partial charge on any atom is 0.251 e. The standard InChI is InChI=1S/C19H21NO6S2/c1-26-16-6-2-14(3-7-16)12-20-19(21)15-4-8-17(9-5-15)28(24,25)18-10-11-27(22,23)13-18/h2-9,18H,10-13H2,1H3,(H,20,21)/t18-/m1/s1. The highest BCUT2D eigenvalue weighted by Crippen LogP contribution is 2.25. The second-order valence-electron chi connectivity index (χ2n) is 6.63. The van der Waals surface area contributed by atoms with Gasteiger partial charge in [0.05, 0.1) is 28.8 Å². The number of hydrogen-bond acceptors (Lipinski definition) is 6. The van der Waals surface area contributed by atoms with E-state index in [1.54, 1.807) is 19.2 Å². The van der Waals surface area contributed by atoms with Crippen molar-refractivity contribution in [2.24, 2.45) is 0 Å². The minimum absolute atomic E-state index is 0.0290. The predicted octanol–water partition coefficient (Wildman–Crippen LogP) is 1.59. The molecule has 150 valence electrons. The molecular formula is C19H21NO6S2. The summed E-state index contributed by atoms with van der Waals surface area (Å²) in [6, 6.07) is 12.8. The van der Waals surface area contributed by atoms with Gasteiger partial charge in [0, 0.05) is 12.1 Å². The molecular weight excluding hydrogens is 402 g/mol. The Labute approximate surface area is 164 Å². The van der Waals surface area contributed by atoms with E-state index in [0.717, 1.165) is 11.3 Å². The maximum atomic E-state index is 12.6. The van der Waals surface area contributed by atoms with Gasteiger partial charge in [-0.3, -0.25) is 4.79 Å². The molecule has 1 saturated heterocycles. The van der Waals surface area contributed by atoms with Crippen LogP contribution in [0.5, 0.6) is 5.75 Å². The van der Waals surface area contributed by atoms with Crippen LogP contribution in [-0.4, -0.2) is 46.6 Å². The molecule has 0 aliphatic carbocycles. The van der Waals surface area contributed by atoms with Crippen molar-refractivity contribution < 1.29 is 26.4 Å². The topological polar surface area (TPSA) is 107 Å². The lowest BCUT2D eigenvalue weighted by Gasteiger charge is -2.11. The van der Waals surface area contributed by atoms with E-state index in [4.69, 9.17) is 4.74 Å². The normalized spacial score (nSPS) is 18.5. The first kappa shape index (κ1) is 20.3. The van der Waals surface area contributed by atoms with Crippen LogP contribution in [0.25, 0.3) is 0 Å². The van der Waals surface area contributed by atoms with Crippen LogP contribution in [0, 0.1) is 0 Å². The Hall–Kier alpha value is -2.39. The molecule has 7 nitrogen and oxygen atoms in total. The second-order valence-corrected chi connectivity index (χ2v) is 11.1. The summed E-state index contributed by atoms with van der Waals surface area (Å²) in [5.74, 6) is -0.0625. The van der Waals surface area contributed by atoms with Crippen molar-refractivity contribution in [2.75, 3.05) is 18.6 Å². The summed E-state index contributed by atoms with van der Waals surface area (Å²) in [6.45, 7) is 0.322. The average molecular weight is 424 g/mol. The quantitative estimate of drug-likeness (QED) is 0.756. The fourth-order valence-corrected chi connectivity index (χ4v) is 7.38. The molecule has 2 aromatic carbocycles. The Bertz CT molecular complexity index is 1060. The smallest absolute Gasteiger partial charge is 0.251 e. The van der Waals surface area contributed by atoms with Gasteiger partial charge >= 0.3 is 0 Å². The summed E-state index contributed by atoms with van der Waals surface area (Å²) in [5.41, 5.74) is 1.22. The van der Waals surface area contributed by atoms with Crippen LogP contribution in [0.2, 0.25) is 0 Å². The molecule has 1 aliphatic heterocycles. The summed E-state index contributed by atoms with van der Waals surface area (Å²) in [4.78, 5) is 12.3. The van der Waals surface area contributed by atoms with Crippen molar-refractivity contribution in [1.29, 1.82) is 0 Å². The Morgan fingerprint density at radius 3 is 2.29 bits per heavy atom. The van der Waals surface area contributed by atoms with Gasteiger partial charge in [-0.1, -0.05) is 12.1 Å². The molecule has 0 spiro atoms. The van der Waals surface area contributed by atoms with Gasteiger partial charge in [-0.25, -0.2) is 16.8 Å². The number of hydrogen-bond donors (Lipinski definition) is 1. The van der Waals surface area contributed by atoms with Gasteiger partial charge in [-0.15, -0.1) is 0 Å². The molecule has 0 radical (unpaired) electrons. The highest BCUT2D eigenvalue weighted by Gasteiger charge is 2.37. The molecule has 1 N–H and O–H groups in total. The Kier molecular flexibility index (Phi) is 5.76. The first-order valence-electron chi connectivity index (χ1n) is 8.67. The molecule has 1 fully saturated rings. The molecule has 2 aromatic rings. The van der Waals surface area contributed by atoms with E-state index in [1.807, 2.05) is 12.1 Å². The van der Waals surface area contributed by atoms with Crippen LogP contribution < -0.4 is 10.1 Å². The second kappa shape index (κ2) is 7.92. The van der Waals surface area contributed by atoms with Crippen molar-refractivity contribution in [3.05, 3.63) is 59.7 Å². The summed E-state index contributed by atoms with van der Waals surface area (Å²) in [6.07, 6.45) is 0.106. The van der Waals surface area contributed by atoms with Crippen LogP contribution in [0.4, 0.5) is 0 Å². The molecule has 0 saturated carbocycles. The van der Waals surface area contributed by atoms with E-state index in [9.17, 15) is 21.6 Å². The van der Waals surface area contributed by atoms with Crippen molar-refractivity contribution in [1.82, 2.24) is 5.32 Å². The molecule has 9 heteroatoms. The summed E-state index contributed by atoms with van der Waals surface area (Å²) < 4.78 is 53.4. The summed E-state index contributed by atoms with van der Waals surface area (Å²) in [7, 11) is -5.46. The average Bonchev–Trinajstić information content (AvgIpc) is 3.07. The number of carbonyl (C=O) groups excluding carboxylic acids is 1. The monoisotopic (exact) mass is 423 g/mol. The molecule has 0 bridgehead atoms. The van der Waals surface area contributed by atoms with E-state index < -0.39 is 24.9 Å². The largest absolute Gasteiger partial charge is 0.497 e. The number of benzene rings is 2. The van der Waals surface area contributed by atoms with Crippen molar-refractivity contribution in [3.63, 3.8) is 0 Å². The van der Waals surface area contributed by atoms with E-state index in [1.165, 1.54) is 24.3 Å². The molecule has 1 atom stereocenters. The zero-order valence-corrected chi connectivity index (χ0v) is 16.9. The Balaban J connectivity index is 1.65. The third-order valence-electron chi connectivity index (χ3n) is 4.69. The third kappa shape index (κ3) is 4.53. The summed E-state index contributed by atoms with van der Waals surface area (Å²) >= 11 is 0. The van der Waals surface area contributed by atoms with Crippen molar-refractivity contribution in [3.8, 4) is 5.75 Å². The fraction of sp³-hybridized carbons (Fsp3) is 0.316. The number of sulfone groups is 2. The lowest BCUT2D eigenvalue weighted by molar-refractivity contribution is 0.0951. The van der Waals surface area contributed by atoms with Gasteiger partial charge in [0.25, 0.3) is 5.91 Å². The number of rotatable bonds is 6. The molecule has 1 amide bonds. The highest BCUT2D eigenvalue weighted by molar-refractivity contribution is 7.96. The first-order valence-corrected chi connectivity index (χ1v) is 12.0. The van der Waals surface area contributed by atoms with Crippen LogP contribution in [0.15, 0.2) is 53.4 Å². The Morgan fingerprint density at radius 2 is 1.75 bits per heavy atom. The lowest BCUT2D eigenvalue weighted by Crippen LogP contribution is -2.24. The number of nitrogens with one attached hydrogen (secondary N) is 1. The minimum Gasteiger partial charge on any atom is -0.497 e. The maximum absolute atomic E-state index is 12.6. The highest BCUT2D eigenvalue weighted by atomic mass is 32.2. The number of ether oxygens (including phenoxy) is 1. The first-order chi connectivity index (χ1) is 13.2. The molecule has 28 heavy (non-hydrogen) atoms. The van der Waals surface area contributed by atoms with Gasteiger partial charge in [0.1, 0.15) is 5.75 Å². The van der Waals surface area contributed by atoms with Crippen molar-refractivity contribution in [2.45, 2.75) is 23.1 Å². The van der Waals surface area contributed by atoms with Crippen LogP contribution in [0.3, 0.4) is 0 Å². The van der Waals surface area contributed by atoms with Crippen LogP contribution in [0.1, 0.15) is 22.3 Å². The van der Waals surface area contributed by atoms with Gasteiger partial charge in [-0.05, 0) is 48.4 Å². The number of methoxy groups -OCH3 is 1. The number of carbonyl (C=O) groups is 1. The van der Waals surface area contributed by atoms with E-state index in [0.29, 0.717) is 12.1 Å². The van der Waals surface area contributed by atoms with Crippen LogP contribution >= 0.6 is 0 Å². The molecule has 0 unspecified atom stereocenters. The van der Waals surface area contributed by atoms with E-state index >= 15 is 0 Å². The number of amides is 1. The van der Waals surface area contributed by atoms with Crippen LogP contribution in [-0.2, 0) is 26.2 Å². The SMILES string of the molecule is COc1ccc(CNC(=O)c2ccc(S(=O)(=O)[C@@H]3CCS(=O)(=O)C3)cc2)cc1. The fourth-order valence-electron chi connectivity index (χ4n) is 3.02. The molecule has 3 rings (SSSR count). The molecule has 1 aliphatic rings. The van der Waals surface area contributed by atoms with Gasteiger partial charge in [0.15, 0.2) is 19.7 Å². The molecule has 1 heterocycles. The van der Waals surface area contributed by atoms with Gasteiger partial charge in [0.2, 0.25) is 0 Å². The van der Waals surface area contributed by atoms with Gasteiger partial charge < -0.3 is 10.1 Å². The zero-order valence-electron chi connectivity index (χ0n) is 15.3. The predicted molar refractivity (Wildman–Crippen MR) is 105 cm³/mol. The van der Waals surface area contributed by atoms with Gasteiger partial charge in [-0.2, -0.15) is 0 Å². The Morgan fingerprint density at radius 1 is 1.11 bits per heavy atom. The molecule has 0 aromatic heterocycles. The van der Waals surface area contributed by atoms with Crippen molar-refractivity contribution >= 4 is 25.6 Å². The third-order valence-corrected chi connectivity index (χ3v) is 8.87. The summed E-state index contributed by atoms with van der Waals surface area (Å²) in [5, 5.41) is 1.84. The lowest BCUT2D eigenvalue weighted by atomic mass is 10.2. The zero-order chi connectivity index (χ0) is 20.4.